The third kappa shape index (κ3) is 6.48. The van der Waals surface area contributed by atoms with E-state index in [0.29, 0.717) is 30.3 Å². The molecule has 0 saturated carbocycles. The maximum Gasteiger partial charge on any atom is 0.226 e. The summed E-state index contributed by atoms with van der Waals surface area (Å²) in [6.07, 6.45) is 3.42. The Bertz CT molecular complexity index is 546. The van der Waals surface area contributed by atoms with Gasteiger partial charge in [-0.25, -0.2) is 0 Å². The van der Waals surface area contributed by atoms with E-state index < -0.39 is 0 Å². The first-order valence-corrected chi connectivity index (χ1v) is 8.29. The normalized spacial score (nSPS) is 10.2. The van der Waals surface area contributed by atoms with Crippen molar-refractivity contribution in [1.82, 2.24) is 4.90 Å². The monoisotopic (exact) mass is 336 g/mol. The molecule has 2 amide bonds. The van der Waals surface area contributed by atoms with Gasteiger partial charge in [-0.2, -0.15) is 0 Å². The Morgan fingerprint density at radius 2 is 1.79 bits per heavy atom. The Labute approximate surface area is 144 Å². The number of carbonyl (C=O) groups excluding carboxylic acids is 2. The van der Waals surface area contributed by atoms with Gasteiger partial charge in [0.15, 0.2) is 11.5 Å². The fourth-order valence-electron chi connectivity index (χ4n) is 2.35. The number of hydrogen-bond donors (Lipinski definition) is 1. The van der Waals surface area contributed by atoms with E-state index in [1.165, 1.54) is 6.92 Å². The highest BCUT2D eigenvalue weighted by Gasteiger charge is 2.12. The van der Waals surface area contributed by atoms with Gasteiger partial charge in [0.05, 0.1) is 14.2 Å². The van der Waals surface area contributed by atoms with Gasteiger partial charge in [-0.15, -0.1) is 0 Å². The third-order valence-electron chi connectivity index (χ3n) is 3.75. The number of anilines is 1. The number of nitrogens with one attached hydrogen (secondary N) is 1. The summed E-state index contributed by atoms with van der Waals surface area (Å²) >= 11 is 0. The first-order chi connectivity index (χ1) is 11.5. The molecule has 6 nitrogen and oxygen atoms in total. The first-order valence-electron chi connectivity index (χ1n) is 8.29. The Balaban J connectivity index is 2.54. The molecule has 0 heterocycles. The number of unbranched alkanes of at least 4 members (excludes halogenated alkanes) is 2. The van der Waals surface area contributed by atoms with Crippen molar-refractivity contribution in [3.8, 4) is 11.5 Å². The minimum Gasteiger partial charge on any atom is -0.493 e. The number of benzene rings is 1. The predicted molar refractivity (Wildman–Crippen MR) is 94.6 cm³/mol. The van der Waals surface area contributed by atoms with Crippen molar-refractivity contribution in [1.29, 1.82) is 0 Å². The largest absolute Gasteiger partial charge is 0.493 e. The molecule has 24 heavy (non-hydrogen) atoms. The lowest BCUT2D eigenvalue weighted by molar-refractivity contribution is -0.129. The second-order valence-corrected chi connectivity index (χ2v) is 5.58. The molecule has 0 fully saturated rings. The van der Waals surface area contributed by atoms with Crippen LogP contribution in [-0.4, -0.2) is 44.0 Å². The minimum atomic E-state index is -0.135. The fourth-order valence-corrected chi connectivity index (χ4v) is 2.35. The predicted octanol–water partition coefficient (Wildman–Crippen LogP) is 3.07. The van der Waals surface area contributed by atoms with E-state index in [9.17, 15) is 9.59 Å². The summed E-state index contributed by atoms with van der Waals surface area (Å²) in [5.74, 6) is 1.03. The number of hydrogen-bond acceptors (Lipinski definition) is 4. The lowest BCUT2D eigenvalue weighted by Crippen LogP contribution is -2.32. The zero-order chi connectivity index (χ0) is 17.9. The highest BCUT2D eigenvalue weighted by Crippen LogP contribution is 2.29. The molecule has 134 valence electrons. The van der Waals surface area contributed by atoms with Crippen LogP contribution < -0.4 is 14.8 Å². The molecule has 0 bridgehead atoms. The Morgan fingerprint density at radius 3 is 2.38 bits per heavy atom. The highest BCUT2D eigenvalue weighted by atomic mass is 16.5. The molecular formula is C18H28N2O4. The van der Waals surface area contributed by atoms with Crippen LogP contribution in [0.5, 0.6) is 11.5 Å². The fraction of sp³-hybridized carbons (Fsp3) is 0.556. The molecule has 0 saturated heterocycles. The summed E-state index contributed by atoms with van der Waals surface area (Å²) in [5.41, 5.74) is 0.637. The number of rotatable bonds is 10. The summed E-state index contributed by atoms with van der Waals surface area (Å²) in [5, 5.41) is 2.82. The van der Waals surface area contributed by atoms with Crippen LogP contribution in [0.1, 0.15) is 39.5 Å². The molecule has 1 aromatic carbocycles. The van der Waals surface area contributed by atoms with Crippen LogP contribution in [0, 0.1) is 0 Å². The number of nitrogens with zero attached hydrogens (tertiary/aromatic N) is 1. The molecule has 0 unspecified atom stereocenters. The molecule has 1 rings (SSSR count). The molecule has 1 aromatic rings. The average molecular weight is 336 g/mol. The maximum absolute atomic E-state index is 12.1. The van der Waals surface area contributed by atoms with Gasteiger partial charge >= 0.3 is 0 Å². The van der Waals surface area contributed by atoms with Crippen LogP contribution >= 0.6 is 0 Å². The summed E-state index contributed by atoms with van der Waals surface area (Å²) in [6.45, 7) is 4.79. The van der Waals surface area contributed by atoms with Crippen LogP contribution in [0.3, 0.4) is 0 Å². The van der Waals surface area contributed by atoms with E-state index in [1.807, 2.05) is 0 Å². The topological polar surface area (TPSA) is 67.9 Å². The van der Waals surface area contributed by atoms with Crippen molar-refractivity contribution in [3.63, 3.8) is 0 Å². The Hall–Kier alpha value is -2.24. The highest BCUT2D eigenvalue weighted by molar-refractivity contribution is 5.91. The first kappa shape index (κ1) is 19.8. The van der Waals surface area contributed by atoms with Gasteiger partial charge in [0.1, 0.15) is 0 Å². The van der Waals surface area contributed by atoms with Crippen LogP contribution in [0.15, 0.2) is 18.2 Å². The molecule has 0 radical (unpaired) electrons. The van der Waals surface area contributed by atoms with E-state index in [0.717, 1.165) is 19.3 Å². The lowest BCUT2D eigenvalue weighted by Gasteiger charge is -2.20. The van der Waals surface area contributed by atoms with Crippen molar-refractivity contribution in [3.05, 3.63) is 18.2 Å². The van der Waals surface area contributed by atoms with Gasteiger partial charge in [-0.05, 0) is 18.6 Å². The van der Waals surface area contributed by atoms with Crippen molar-refractivity contribution in [2.75, 3.05) is 32.6 Å². The van der Waals surface area contributed by atoms with Crippen LogP contribution in [0.2, 0.25) is 0 Å². The zero-order valence-corrected chi connectivity index (χ0v) is 15.1. The summed E-state index contributed by atoms with van der Waals surface area (Å²) in [4.78, 5) is 25.5. The summed E-state index contributed by atoms with van der Waals surface area (Å²) in [7, 11) is 3.11. The molecule has 0 spiro atoms. The molecule has 0 atom stereocenters. The van der Waals surface area contributed by atoms with Crippen LogP contribution in [-0.2, 0) is 9.59 Å². The molecular weight excluding hydrogens is 308 g/mol. The van der Waals surface area contributed by atoms with E-state index in [4.69, 9.17) is 9.47 Å². The third-order valence-corrected chi connectivity index (χ3v) is 3.75. The number of ether oxygens (including phenoxy) is 2. The van der Waals surface area contributed by atoms with Crippen molar-refractivity contribution >= 4 is 17.5 Å². The Morgan fingerprint density at radius 1 is 1.08 bits per heavy atom. The second-order valence-electron chi connectivity index (χ2n) is 5.58. The van der Waals surface area contributed by atoms with Crippen LogP contribution in [0.25, 0.3) is 0 Å². The Kier molecular flexibility index (Phi) is 8.68. The second kappa shape index (κ2) is 10.5. The van der Waals surface area contributed by atoms with E-state index in [2.05, 4.69) is 12.2 Å². The van der Waals surface area contributed by atoms with Gasteiger partial charge in [0.2, 0.25) is 11.8 Å². The smallest absolute Gasteiger partial charge is 0.226 e. The van der Waals surface area contributed by atoms with Gasteiger partial charge in [0, 0.05) is 38.2 Å². The average Bonchev–Trinajstić information content (AvgIpc) is 2.57. The molecule has 0 aromatic heterocycles. The van der Waals surface area contributed by atoms with Gasteiger partial charge < -0.3 is 19.7 Å². The molecule has 6 heteroatoms. The van der Waals surface area contributed by atoms with Gasteiger partial charge in [-0.1, -0.05) is 19.8 Å². The maximum atomic E-state index is 12.1. The van der Waals surface area contributed by atoms with Crippen molar-refractivity contribution in [2.45, 2.75) is 39.5 Å². The van der Waals surface area contributed by atoms with E-state index >= 15 is 0 Å². The van der Waals surface area contributed by atoms with Gasteiger partial charge in [0.25, 0.3) is 0 Å². The van der Waals surface area contributed by atoms with Crippen molar-refractivity contribution < 1.29 is 19.1 Å². The number of methoxy groups -OCH3 is 2. The van der Waals surface area contributed by atoms with Crippen LogP contribution in [0.4, 0.5) is 5.69 Å². The zero-order valence-electron chi connectivity index (χ0n) is 15.1. The summed E-state index contributed by atoms with van der Waals surface area (Å²) < 4.78 is 10.4. The molecule has 0 aliphatic carbocycles. The lowest BCUT2D eigenvalue weighted by atomic mass is 10.2. The summed E-state index contributed by atoms with van der Waals surface area (Å²) in [6, 6.07) is 5.20. The van der Waals surface area contributed by atoms with E-state index in [1.54, 1.807) is 37.3 Å². The quantitative estimate of drug-likeness (QED) is 0.667. The minimum absolute atomic E-state index is 0.00465. The molecule has 0 aliphatic rings. The number of carbonyl (C=O) groups is 2. The number of amides is 2. The van der Waals surface area contributed by atoms with E-state index in [-0.39, 0.29) is 18.2 Å². The molecule has 0 aliphatic heterocycles. The van der Waals surface area contributed by atoms with Gasteiger partial charge in [-0.3, -0.25) is 9.59 Å². The van der Waals surface area contributed by atoms with Crippen molar-refractivity contribution in [2.24, 2.45) is 0 Å². The SMILES string of the molecule is CCCCCN(CCC(=O)Nc1ccc(OC)c(OC)c1)C(C)=O. The standard InChI is InChI=1S/C18H28N2O4/c1-5-6-7-11-20(14(2)21)12-10-18(22)19-15-8-9-16(23-3)17(13-15)24-4/h8-9,13H,5-7,10-12H2,1-4H3,(H,19,22). The molecule has 1 N–H and O–H groups in total.